The minimum absolute atomic E-state index is 0.594. The Balaban J connectivity index is 1.48. The molecule has 2 aliphatic rings. The highest BCUT2D eigenvalue weighted by atomic mass is 35.5. The predicted octanol–water partition coefficient (Wildman–Crippen LogP) is 7.40. The summed E-state index contributed by atoms with van der Waals surface area (Å²) in [6.45, 7) is 10.3. The Morgan fingerprint density at radius 2 is 1.49 bits per heavy atom. The van der Waals surface area contributed by atoms with Gasteiger partial charge in [0.1, 0.15) is 5.82 Å². The molecule has 0 fully saturated rings. The molecule has 6 heteroatoms. The Morgan fingerprint density at radius 1 is 0.857 bits per heavy atom. The molecule has 0 spiro atoms. The lowest BCUT2D eigenvalue weighted by Gasteiger charge is -2.23. The Kier molecular flexibility index (Phi) is 5.54. The largest absolute Gasteiger partial charge is 0.326 e. The van der Waals surface area contributed by atoms with Gasteiger partial charge in [-0.2, -0.15) is 0 Å². The molecule has 2 aliphatic heterocycles. The van der Waals surface area contributed by atoms with Gasteiger partial charge in [-0.1, -0.05) is 47.5 Å². The molecule has 0 atom stereocenters. The SMILES string of the molecule is CCN1C(=C/C=C2\CCn3c2[n+](CC)c2cc4ccccc4cc23)N(CC)c2cc(Cl)c(Cl)cc21. The number of halogens is 2. The van der Waals surface area contributed by atoms with Gasteiger partial charge in [-0.05, 0) is 68.0 Å². The number of allylic oxidation sites excluding steroid dienone is 3. The van der Waals surface area contributed by atoms with Gasteiger partial charge >= 0.3 is 0 Å². The van der Waals surface area contributed by atoms with E-state index in [0.717, 1.165) is 44.0 Å². The molecule has 4 nitrogen and oxygen atoms in total. The third-order valence-corrected chi connectivity index (χ3v) is 8.08. The number of aromatic nitrogens is 2. The number of benzene rings is 3. The molecule has 0 amide bonds. The van der Waals surface area contributed by atoms with Crippen LogP contribution in [0, 0.1) is 0 Å². The number of rotatable bonds is 4. The normalized spacial score (nSPS) is 16.1. The first-order valence-corrected chi connectivity index (χ1v) is 13.2. The third kappa shape index (κ3) is 3.38. The Morgan fingerprint density at radius 3 is 2.09 bits per heavy atom. The fourth-order valence-electron chi connectivity index (χ4n) is 5.79. The van der Waals surface area contributed by atoms with Crippen LogP contribution in [0.15, 0.2) is 66.5 Å². The highest BCUT2D eigenvalue weighted by Crippen LogP contribution is 2.45. The van der Waals surface area contributed by atoms with Gasteiger partial charge in [-0.3, -0.25) is 0 Å². The lowest BCUT2D eigenvalue weighted by molar-refractivity contribution is -0.670. The van der Waals surface area contributed by atoms with Crippen molar-refractivity contribution in [3.05, 3.63) is 82.4 Å². The van der Waals surface area contributed by atoms with Crippen LogP contribution in [0.5, 0.6) is 0 Å². The summed E-state index contributed by atoms with van der Waals surface area (Å²) in [5.74, 6) is 2.49. The average Bonchev–Trinajstić information content (AvgIpc) is 3.50. The van der Waals surface area contributed by atoms with Gasteiger partial charge in [0, 0.05) is 25.1 Å². The summed E-state index contributed by atoms with van der Waals surface area (Å²) in [5, 5.41) is 3.77. The van der Waals surface area contributed by atoms with Crippen LogP contribution in [0.3, 0.4) is 0 Å². The molecule has 0 N–H and O–H groups in total. The van der Waals surface area contributed by atoms with E-state index in [1.807, 2.05) is 12.1 Å². The summed E-state index contributed by atoms with van der Waals surface area (Å²) >= 11 is 12.8. The van der Waals surface area contributed by atoms with Crippen molar-refractivity contribution < 1.29 is 4.57 Å². The maximum absolute atomic E-state index is 6.39. The summed E-state index contributed by atoms with van der Waals surface area (Å²) in [4.78, 5) is 4.65. The van der Waals surface area contributed by atoms with Gasteiger partial charge < -0.3 is 9.80 Å². The first-order chi connectivity index (χ1) is 17.0. The third-order valence-electron chi connectivity index (χ3n) is 7.36. The van der Waals surface area contributed by atoms with Crippen molar-refractivity contribution >= 4 is 62.0 Å². The van der Waals surface area contributed by atoms with Crippen LogP contribution in [0.4, 0.5) is 11.4 Å². The predicted molar refractivity (Wildman–Crippen MR) is 148 cm³/mol. The van der Waals surface area contributed by atoms with Crippen LogP contribution in [0.1, 0.15) is 33.0 Å². The fourth-order valence-corrected chi connectivity index (χ4v) is 6.10. The lowest BCUT2D eigenvalue weighted by atomic mass is 10.1. The van der Waals surface area contributed by atoms with E-state index in [1.54, 1.807) is 0 Å². The molecule has 6 rings (SSSR count). The van der Waals surface area contributed by atoms with Crippen molar-refractivity contribution in [1.82, 2.24) is 4.57 Å². The second kappa shape index (κ2) is 8.61. The standard InChI is InChI=1S/C29H29Cl2N4/c1-4-32-26-17-22(30)23(31)18-27(26)33(5-2)28(32)12-11-19-13-14-35-25-16-21-10-8-7-9-20(21)15-24(25)34(6-3)29(19)35/h7-12,15-18H,4-6,13-14H2,1-3H3/q+1. The van der Waals surface area contributed by atoms with Crippen LogP contribution in [0.2, 0.25) is 10.0 Å². The zero-order chi connectivity index (χ0) is 24.3. The topological polar surface area (TPSA) is 15.3 Å². The van der Waals surface area contributed by atoms with Crippen molar-refractivity contribution in [3.63, 3.8) is 0 Å². The van der Waals surface area contributed by atoms with Crippen molar-refractivity contribution in [3.8, 4) is 0 Å². The molecule has 0 bridgehead atoms. The van der Waals surface area contributed by atoms with E-state index in [-0.39, 0.29) is 0 Å². The minimum atomic E-state index is 0.594. The quantitative estimate of drug-likeness (QED) is 0.269. The summed E-state index contributed by atoms with van der Waals surface area (Å²) in [6, 6.07) is 17.3. The molecule has 0 radical (unpaired) electrons. The Hall–Kier alpha value is -2.95. The van der Waals surface area contributed by atoms with Crippen LogP contribution >= 0.6 is 23.2 Å². The van der Waals surface area contributed by atoms with Gasteiger partial charge in [0.15, 0.2) is 11.0 Å². The Labute approximate surface area is 216 Å². The van der Waals surface area contributed by atoms with E-state index in [4.69, 9.17) is 23.2 Å². The maximum atomic E-state index is 6.39. The van der Waals surface area contributed by atoms with Gasteiger partial charge in [-0.15, -0.1) is 0 Å². The Bertz CT molecular complexity index is 1470. The maximum Gasteiger partial charge on any atom is 0.285 e. The minimum Gasteiger partial charge on any atom is -0.326 e. The molecule has 0 aliphatic carbocycles. The number of imidazole rings is 1. The van der Waals surface area contributed by atoms with Crippen molar-refractivity contribution in [1.29, 1.82) is 0 Å². The molecule has 4 aromatic rings. The van der Waals surface area contributed by atoms with E-state index in [1.165, 1.54) is 39.0 Å². The number of aryl methyl sites for hydroxylation is 2. The molecule has 0 saturated carbocycles. The second-order valence-electron chi connectivity index (χ2n) is 9.12. The van der Waals surface area contributed by atoms with E-state index < -0.39 is 0 Å². The highest BCUT2D eigenvalue weighted by molar-refractivity contribution is 6.42. The van der Waals surface area contributed by atoms with Gasteiger partial charge in [-0.25, -0.2) is 9.13 Å². The molecule has 0 saturated heterocycles. The van der Waals surface area contributed by atoms with E-state index >= 15 is 0 Å². The number of fused-ring (bicyclic) bond motifs is 5. The average molecular weight is 504 g/mol. The molecule has 3 heterocycles. The number of hydrogen-bond acceptors (Lipinski definition) is 2. The van der Waals surface area contributed by atoms with Crippen molar-refractivity contribution in [2.24, 2.45) is 0 Å². The summed E-state index contributed by atoms with van der Waals surface area (Å²) in [7, 11) is 0. The molecule has 0 unspecified atom stereocenters. The van der Waals surface area contributed by atoms with Crippen LogP contribution in [0.25, 0.3) is 27.4 Å². The highest BCUT2D eigenvalue weighted by Gasteiger charge is 2.34. The number of anilines is 2. The van der Waals surface area contributed by atoms with Gasteiger partial charge in [0.2, 0.25) is 0 Å². The molecule has 1 aromatic heterocycles. The summed E-state index contributed by atoms with van der Waals surface area (Å²) < 4.78 is 4.96. The monoisotopic (exact) mass is 503 g/mol. The van der Waals surface area contributed by atoms with Crippen LogP contribution < -0.4 is 14.4 Å². The van der Waals surface area contributed by atoms with Gasteiger partial charge in [0.25, 0.3) is 5.82 Å². The number of nitrogens with zero attached hydrogens (tertiary/aromatic N) is 4. The zero-order valence-electron chi connectivity index (χ0n) is 20.4. The second-order valence-corrected chi connectivity index (χ2v) is 9.93. The number of hydrogen-bond donors (Lipinski definition) is 0. The van der Waals surface area contributed by atoms with E-state index in [9.17, 15) is 0 Å². The van der Waals surface area contributed by atoms with Crippen molar-refractivity contribution in [2.75, 3.05) is 22.9 Å². The fraction of sp³-hybridized carbons (Fsp3) is 0.276. The smallest absolute Gasteiger partial charge is 0.285 e. The first kappa shape index (κ1) is 22.5. The molecular weight excluding hydrogens is 475 g/mol. The van der Waals surface area contributed by atoms with E-state index in [2.05, 4.69) is 88.3 Å². The zero-order valence-corrected chi connectivity index (χ0v) is 21.9. The molecular formula is C29H29Cl2N4+. The summed E-state index contributed by atoms with van der Waals surface area (Å²) in [5.41, 5.74) is 6.23. The van der Waals surface area contributed by atoms with Gasteiger partial charge in [0.05, 0.1) is 34.5 Å². The first-order valence-electron chi connectivity index (χ1n) is 12.5. The lowest BCUT2D eigenvalue weighted by Crippen LogP contribution is -2.35. The van der Waals surface area contributed by atoms with E-state index in [0.29, 0.717) is 10.0 Å². The van der Waals surface area contributed by atoms with Crippen LogP contribution in [-0.2, 0) is 13.1 Å². The van der Waals surface area contributed by atoms with Crippen molar-refractivity contribution in [2.45, 2.75) is 40.3 Å². The molecule has 178 valence electrons. The molecule has 35 heavy (non-hydrogen) atoms. The van der Waals surface area contributed by atoms with Crippen LogP contribution in [-0.4, -0.2) is 17.7 Å². The molecule has 3 aromatic carbocycles. The summed E-state index contributed by atoms with van der Waals surface area (Å²) in [6.07, 6.45) is 5.62.